The summed E-state index contributed by atoms with van der Waals surface area (Å²) in [7, 11) is -2.38. The van der Waals surface area contributed by atoms with E-state index in [1.807, 2.05) is 18.2 Å². The predicted octanol–water partition coefficient (Wildman–Crippen LogP) is 4.92. The number of likely N-dealkylation sites (N-methyl/N-ethyl adjacent to an activating group) is 1. The maximum absolute atomic E-state index is 13.7. The first kappa shape index (κ1) is 31.0. The summed E-state index contributed by atoms with van der Waals surface area (Å²) in [6, 6.07) is 25.7. The summed E-state index contributed by atoms with van der Waals surface area (Å²) in [6.07, 6.45) is 0. The van der Waals surface area contributed by atoms with Gasteiger partial charge in [-0.15, -0.1) is 0 Å². The zero-order valence-corrected chi connectivity index (χ0v) is 24.5. The molecule has 4 aromatic carbocycles. The lowest BCUT2D eigenvalue weighted by Gasteiger charge is -2.31. The SMILES string of the molecule is CCNC(=O)[C@@H](c1ccccc1)N(Cc1ccc(OC)cc1)C(=O)COc1ccc(S(=O)(=O)Nc2ccc(F)cc2)cc1. The Kier molecular flexibility index (Phi) is 10.3. The van der Waals surface area contributed by atoms with Gasteiger partial charge >= 0.3 is 0 Å². The Labute approximate surface area is 250 Å². The minimum absolute atomic E-state index is 0.0444. The van der Waals surface area contributed by atoms with Gasteiger partial charge in [-0.3, -0.25) is 14.3 Å². The predicted molar refractivity (Wildman–Crippen MR) is 161 cm³/mol. The molecule has 11 heteroatoms. The highest BCUT2D eigenvalue weighted by atomic mass is 32.2. The van der Waals surface area contributed by atoms with Crippen molar-refractivity contribution in [3.05, 3.63) is 120 Å². The molecule has 0 aliphatic heterocycles. The lowest BCUT2D eigenvalue weighted by molar-refractivity contribution is -0.143. The van der Waals surface area contributed by atoms with Crippen LogP contribution >= 0.6 is 0 Å². The van der Waals surface area contributed by atoms with Crippen LogP contribution in [-0.4, -0.2) is 45.4 Å². The van der Waals surface area contributed by atoms with E-state index < -0.39 is 34.4 Å². The average Bonchev–Trinajstić information content (AvgIpc) is 3.02. The average molecular weight is 606 g/mol. The highest BCUT2D eigenvalue weighted by Gasteiger charge is 2.31. The Bertz CT molecular complexity index is 1610. The van der Waals surface area contributed by atoms with Gasteiger partial charge in [-0.25, -0.2) is 12.8 Å². The van der Waals surface area contributed by atoms with Crippen molar-refractivity contribution in [3.63, 3.8) is 0 Å². The number of ether oxygens (including phenoxy) is 2. The number of anilines is 1. The van der Waals surface area contributed by atoms with E-state index >= 15 is 0 Å². The fourth-order valence-corrected chi connectivity index (χ4v) is 5.36. The fraction of sp³-hybridized carbons (Fsp3) is 0.188. The molecule has 0 aliphatic rings. The molecule has 0 saturated heterocycles. The van der Waals surface area contributed by atoms with Crippen LogP contribution in [0.25, 0.3) is 0 Å². The number of hydrogen-bond donors (Lipinski definition) is 2. The summed E-state index contributed by atoms with van der Waals surface area (Å²) in [5.41, 5.74) is 1.63. The molecule has 0 heterocycles. The highest BCUT2D eigenvalue weighted by molar-refractivity contribution is 7.92. The number of benzene rings is 4. The van der Waals surface area contributed by atoms with Crippen LogP contribution in [0.1, 0.15) is 24.1 Å². The van der Waals surface area contributed by atoms with Crippen molar-refractivity contribution in [2.75, 3.05) is 25.0 Å². The maximum atomic E-state index is 13.7. The first-order valence-electron chi connectivity index (χ1n) is 13.5. The highest BCUT2D eigenvalue weighted by Crippen LogP contribution is 2.26. The monoisotopic (exact) mass is 605 g/mol. The van der Waals surface area contributed by atoms with Crippen LogP contribution in [0.2, 0.25) is 0 Å². The second kappa shape index (κ2) is 14.3. The molecule has 0 saturated carbocycles. The van der Waals surface area contributed by atoms with Gasteiger partial charge in [0, 0.05) is 18.8 Å². The molecule has 1 atom stereocenters. The smallest absolute Gasteiger partial charge is 0.261 e. The zero-order chi connectivity index (χ0) is 30.8. The van der Waals surface area contributed by atoms with E-state index in [4.69, 9.17) is 9.47 Å². The first-order chi connectivity index (χ1) is 20.7. The summed E-state index contributed by atoms with van der Waals surface area (Å²) in [6.45, 7) is 1.90. The number of sulfonamides is 1. The molecule has 0 fully saturated rings. The second-order valence-electron chi connectivity index (χ2n) is 9.45. The number of carbonyl (C=O) groups excluding carboxylic acids is 2. The largest absolute Gasteiger partial charge is 0.497 e. The summed E-state index contributed by atoms with van der Waals surface area (Å²) in [5, 5.41) is 2.82. The number of hydrogen-bond acceptors (Lipinski definition) is 6. The summed E-state index contributed by atoms with van der Waals surface area (Å²) in [4.78, 5) is 28.4. The zero-order valence-electron chi connectivity index (χ0n) is 23.7. The second-order valence-corrected chi connectivity index (χ2v) is 11.1. The molecule has 9 nitrogen and oxygen atoms in total. The van der Waals surface area contributed by atoms with Crippen LogP contribution in [0.3, 0.4) is 0 Å². The van der Waals surface area contributed by atoms with E-state index in [1.54, 1.807) is 50.4 Å². The van der Waals surface area contributed by atoms with Gasteiger partial charge in [-0.2, -0.15) is 0 Å². The van der Waals surface area contributed by atoms with Crippen LogP contribution in [-0.2, 0) is 26.2 Å². The lowest BCUT2D eigenvalue weighted by Crippen LogP contribution is -2.45. The third-order valence-corrected chi connectivity index (χ3v) is 7.85. The van der Waals surface area contributed by atoms with Crippen molar-refractivity contribution in [2.24, 2.45) is 0 Å². The van der Waals surface area contributed by atoms with Crippen molar-refractivity contribution in [3.8, 4) is 11.5 Å². The standard InChI is InChI=1S/C32H32FN3O6S/c1-3-34-32(38)31(24-7-5-4-6-8-24)36(21-23-9-15-27(41-2)16-10-23)30(37)22-42-28-17-19-29(20-18-28)43(39,40)35-26-13-11-25(33)12-14-26/h4-20,31,35H,3,21-22H2,1-2H3,(H,34,38)/t31-/m1/s1. The molecule has 2 amide bonds. The first-order valence-corrected chi connectivity index (χ1v) is 14.9. The van der Waals surface area contributed by atoms with Gasteiger partial charge in [0.2, 0.25) is 5.91 Å². The van der Waals surface area contributed by atoms with Crippen molar-refractivity contribution in [2.45, 2.75) is 24.4 Å². The van der Waals surface area contributed by atoms with E-state index in [9.17, 15) is 22.4 Å². The van der Waals surface area contributed by atoms with Crippen LogP contribution in [0, 0.1) is 5.82 Å². The Hall–Kier alpha value is -4.90. The van der Waals surface area contributed by atoms with Gasteiger partial charge < -0.3 is 19.7 Å². The molecule has 4 rings (SSSR count). The molecular weight excluding hydrogens is 573 g/mol. The lowest BCUT2D eigenvalue weighted by atomic mass is 10.0. The van der Waals surface area contributed by atoms with Crippen LogP contribution in [0.4, 0.5) is 10.1 Å². The Balaban J connectivity index is 1.53. The van der Waals surface area contributed by atoms with E-state index in [0.29, 0.717) is 17.9 Å². The molecule has 43 heavy (non-hydrogen) atoms. The van der Waals surface area contributed by atoms with Crippen molar-refractivity contribution in [1.29, 1.82) is 0 Å². The molecule has 0 radical (unpaired) electrons. The molecule has 2 N–H and O–H groups in total. The number of rotatable bonds is 13. The fourth-order valence-electron chi connectivity index (χ4n) is 4.31. The van der Waals surface area contributed by atoms with Crippen molar-refractivity contribution >= 4 is 27.5 Å². The molecular formula is C32H32FN3O6S. The Morgan fingerprint density at radius 2 is 1.49 bits per heavy atom. The topological polar surface area (TPSA) is 114 Å². The molecule has 0 unspecified atom stereocenters. The van der Waals surface area contributed by atoms with E-state index in [-0.39, 0.29) is 28.8 Å². The van der Waals surface area contributed by atoms with E-state index in [2.05, 4.69) is 10.0 Å². The quantitative estimate of drug-likeness (QED) is 0.224. The van der Waals surface area contributed by atoms with Gasteiger partial charge in [-0.05, 0) is 78.7 Å². The number of halogens is 1. The minimum Gasteiger partial charge on any atom is -0.497 e. The molecule has 0 aromatic heterocycles. The van der Waals surface area contributed by atoms with Crippen LogP contribution < -0.4 is 19.5 Å². The van der Waals surface area contributed by atoms with E-state index in [1.165, 1.54) is 41.3 Å². The van der Waals surface area contributed by atoms with Gasteiger partial charge in [0.25, 0.3) is 15.9 Å². The third kappa shape index (κ3) is 8.32. The van der Waals surface area contributed by atoms with Gasteiger partial charge in [-0.1, -0.05) is 42.5 Å². The summed E-state index contributed by atoms with van der Waals surface area (Å²) >= 11 is 0. The van der Waals surface area contributed by atoms with Crippen LogP contribution in [0.15, 0.2) is 108 Å². The van der Waals surface area contributed by atoms with Crippen molar-refractivity contribution in [1.82, 2.24) is 10.2 Å². The number of carbonyl (C=O) groups is 2. The maximum Gasteiger partial charge on any atom is 0.261 e. The number of nitrogens with one attached hydrogen (secondary N) is 2. The molecule has 224 valence electrons. The number of nitrogens with zero attached hydrogens (tertiary/aromatic N) is 1. The number of methoxy groups -OCH3 is 1. The van der Waals surface area contributed by atoms with E-state index in [0.717, 1.165) is 17.7 Å². The number of amides is 2. The Morgan fingerprint density at radius 3 is 2.09 bits per heavy atom. The third-order valence-electron chi connectivity index (χ3n) is 6.45. The normalized spacial score (nSPS) is 11.7. The molecule has 4 aromatic rings. The van der Waals surface area contributed by atoms with Crippen LogP contribution in [0.5, 0.6) is 11.5 Å². The van der Waals surface area contributed by atoms with Gasteiger partial charge in [0.05, 0.1) is 12.0 Å². The Morgan fingerprint density at radius 1 is 0.860 bits per heavy atom. The van der Waals surface area contributed by atoms with Crippen molar-refractivity contribution < 1.29 is 31.9 Å². The molecule has 0 spiro atoms. The summed E-state index contributed by atoms with van der Waals surface area (Å²) < 4.78 is 52.0. The minimum atomic E-state index is -3.94. The summed E-state index contributed by atoms with van der Waals surface area (Å²) in [5.74, 6) is -0.355. The van der Waals surface area contributed by atoms with Gasteiger partial charge in [0.15, 0.2) is 6.61 Å². The molecule has 0 bridgehead atoms. The molecule has 0 aliphatic carbocycles. The van der Waals surface area contributed by atoms with Gasteiger partial charge in [0.1, 0.15) is 23.4 Å².